The molecule has 1 saturated heterocycles. The average molecular weight is 496 g/mol. The number of piperazine rings is 1. The van der Waals surface area contributed by atoms with Gasteiger partial charge in [0.05, 0.1) is 0 Å². The number of aromatic nitrogens is 1. The van der Waals surface area contributed by atoms with Crippen LogP contribution in [0.3, 0.4) is 0 Å². The molecule has 180 valence electrons. The molecule has 0 aliphatic carbocycles. The van der Waals surface area contributed by atoms with E-state index in [1.54, 1.807) is 6.20 Å². The van der Waals surface area contributed by atoms with Crippen LogP contribution in [0.4, 0.5) is 10.2 Å². The predicted octanol–water partition coefficient (Wildman–Crippen LogP) is 1.69. The van der Waals surface area contributed by atoms with E-state index >= 15 is 0 Å². The maximum absolute atomic E-state index is 14.0. The van der Waals surface area contributed by atoms with Crippen molar-refractivity contribution in [3.63, 3.8) is 0 Å². The summed E-state index contributed by atoms with van der Waals surface area (Å²) in [6.07, 6.45) is 3.86. The van der Waals surface area contributed by atoms with E-state index in [1.165, 1.54) is 30.0 Å². The average Bonchev–Trinajstić information content (AvgIpc) is 2.81. The van der Waals surface area contributed by atoms with Gasteiger partial charge in [0.15, 0.2) is 0 Å². The Morgan fingerprint density at radius 3 is 2.64 bits per heavy atom. The summed E-state index contributed by atoms with van der Waals surface area (Å²) in [6.45, 7) is 3.92. The molecule has 0 radical (unpaired) electrons. The highest BCUT2D eigenvalue weighted by Gasteiger charge is 2.27. The monoisotopic (exact) mass is 495 g/mol. The molecule has 1 aromatic heterocycles. The Morgan fingerprint density at radius 1 is 1.21 bits per heavy atom. The summed E-state index contributed by atoms with van der Waals surface area (Å²) in [6, 6.07) is 7.85. The first kappa shape index (κ1) is 25.4. The van der Waals surface area contributed by atoms with Gasteiger partial charge in [0.25, 0.3) is 0 Å². The second kappa shape index (κ2) is 11.8. The first-order valence-corrected chi connectivity index (χ1v) is 13.6. The Labute approximate surface area is 199 Å². The zero-order valence-corrected chi connectivity index (χ0v) is 20.5. The number of thioether (sulfide) groups is 1. The number of halogens is 1. The minimum absolute atomic E-state index is 0.235. The molecule has 33 heavy (non-hydrogen) atoms. The summed E-state index contributed by atoms with van der Waals surface area (Å²) in [5.74, 6) is 0.110. The largest absolute Gasteiger partial charge is 0.354 e. The molecule has 11 heteroatoms. The molecule has 1 unspecified atom stereocenters. The zero-order valence-electron chi connectivity index (χ0n) is 18.8. The van der Waals surface area contributed by atoms with Gasteiger partial charge in [-0.05, 0) is 55.3 Å². The van der Waals surface area contributed by atoms with E-state index in [4.69, 9.17) is 0 Å². The number of amides is 1. The minimum atomic E-state index is -4.19. The van der Waals surface area contributed by atoms with Crippen molar-refractivity contribution in [2.24, 2.45) is 0 Å². The Bertz CT molecular complexity index is 1050. The fraction of sp³-hybridized carbons (Fsp3) is 0.455. The Morgan fingerprint density at radius 2 is 1.94 bits per heavy atom. The third-order valence-corrected chi connectivity index (χ3v) is 7.60. The first-order chi connectivity index (χ1) is 15.8. The number of anilines is 1. The van der Waals surface area contributed by atoms with Crippen LogP contribution in [0, 0.1) is 5.82 Å². The van der Waals surface area contributed by atoms with Crippen LogP contribution in [0.1, 0.15) is 12.0 Å². The third kappa shape index (κ3) is 7.13. The molecule has 3 rings (SSSR count). The van der Waals surface area contributed by atoms with Crippen LogP contribution in [-0.2, 0) is 21.4 Å². The van der Waals surface area contributed by atoms with Gasteiger partial charge in [0.1, 0.15) is 22.6 Å². The lowest BCUT2D eigenvalue weighted by atomic mass is 10.2. The van der Waals surface area contributed by atoms with Crippen molar-refractivity contribution >= 4 is 33.5 Å². The van der Waals surface area contributed by atoms with E-state index in [9.17, 15) is 17.6 Å². The lowest BCUT2D eigenvalue weighted by Gasteiger charge is -2.33. The summed E-state index contributed by atoms with van der Waals surface area (Å²) in [7, 11) is -2.10. The van der Waals surface area contributed by atoms with E-state index in [1.807, 2.05) is 18.4 Å². The summed E-state index contributed by atoms with van der Waals surface area (Å²) >= 11 is 1.50. The van der Waals surface area contributed by atoms with Crippen molar-refractivity contribution in [2.75, 3.05) is 50.1 Å². The molecule has 0 saturated carbocycles. The van der Waals surface area contributed by atoms with E-state index < -0.39 is 32.7 Å². The molecule has 1 fully saturated rings. The number of benzene rings is 1. The fourth-order valence-electron chi connectivity index (χ4n) is 3.48. The van der Waals surface area contributed by atoms with Gasteiger partial charge in [0, 0.05) is 38.9 Å². The molecule has 1 atom stereocenters. The summed E-state index contributed by atoms with van der Waals surface area (Å²) < 4.78 is 41.8. The quantitative estimate of drug-likeness (QED) is 0.518. The highest BCUT2D eigenvalue weighted by atomic mass is 32.2. The van der Waals surface area contributed by atoms with Gasteiger partial charge in [-0.25, -0.2) is 17.8 Å². The highest BCUT2D eigenvalue weighted by molar-refractivity contribution is 7.98. The van der Waals surface area contributed by atoms with Crippen LogP contribution in [0.5, 0.6) is 0 Å². The topological polar surface area (TPSA) is 94.6 Å². The smallest absolute Gasteiger partial charge is 0.244 e. The number of nitrogens with one attached hydrogen (secondary N) is 2. The van der Waals surface area contributed by atoms with Gasteiger partial charge in [-0.2, -0.15) is 16.5 Å². The number of pyridine rings is 1. The normalized spacial score (nSPS) is 15.9. The van der Waals surface area contributed by atoms with E-state index in [0.29, 0.717) is 5.75 Å². The van der Waals surface area contributed by atoms with Crippen molar-refractivity contribution in [3.05, 3.63) is 54.0 Å². The van der Waals surface area contributed by atoms with Crippen LogP contribution in [-0.4, -0.2) is 75.5 Å². The number of nitrogens with zero attached hydrogens (tertiary/aromatic N) is 3. The first-order valence-electron chi connectivity index (χ1n) is 10.7. The van der Waals surface area contributed by atoms with E-state index in [2.05, 4.69) is 31.9 Å². The van der Waals surface area contributed by atoms with Gasteiger partial charge in [-0.1, -0.05) is 12.1 Å². The van der Waals surface area contributed by atoms with Crippen LogP contribution >= 0.6 is 11.8 Å². The Kier molecular flexibility index (Phi) is 9.07. The molecule has 0 bridgehead atoms. The summed E-state index contributed by atoms with van der Waals surface area (Å²) in [5.41, 5.74) is 0.868. The van der Waals surface area contributed by atoms with E-state index in [-0.39, 0.29) is 13.0 Å². The molecule has 8 nitrogen and oxygen atoms in total. The standard InChI is InChI=1S/C22H30FN5O3S2/c1-27-10-12-28(13-11-27)21-15-17(7-9-24-21)16-25-22(29)19(8-14-32-2)26-33(30,31)20-6-4-3-5-18(20)23/h3-7,9,15,19,26H,8,10-14,16H2,1-2H3,(H,25,29). The lowest BCUT2D eigenvalue weighted by Crippen LogP contribution is -2.47. The van der Waals surface area contributed by atoms with Crippen molar-refractivity contribution in [1.29, 1.82) is 0 Å². The van der Waals surface area contributed by atoms with Crippen molar-refractivity contribution in [2.45, 2.75) is 23.9 Å². The minimum Gasteiger partial charge on any atom is -0.354 e. The molecule has 1 aliphatic heterocycles. The molecule has 0 spiro atoms. The number of carbonyl (C=O) groups is 1. The number of likely N-dealkylation sites (N-methyl/N-ethyl adjacent to an activating group) is 1. The Balaban J connectivity index is 1.66. The van der Waals surface area contributed by atoms with E-state index in [0.717, 1.165) is 43.6 Å². The fourth-order valence-corrected chi connectivity index (χ4v) is 5.26. The maximum Gasteiger partial charge on any atom is 0.244 e. The summed E-state index contributed by atoms with van der Waals surface area (Å²) in [5, 5.41) is 2.81. The number of hydrogen-bond donors (Lipinski definition) is 2. The highest BCUT2D eigenvalue weighted by Crippen LogP contribution is 2.16. The second-order valence-corrected chi connectivity index (χ2v) is 10.6. The van der Waals surface area contributed by atoms with Crippen LogP contribution in [0.2, 0.25) is 0 Å². The van der Waals surface area contributed by atoms with Gasteiger partial charge in [-0.3, -0.25) is 4.79 Å². The zero-order chi connectivity index (χ0) is 23.8. The van der Waals surface area contributed by atoms with Crippen LogP contribution < -0.4 is 14.9 Å². The molecule has 2 aromatic rings. The molecule has 1 amide bonds. The molecular formula is C22H30FN5O3S2. The Hall–Kier alpha value is -2.21. The van der Waals surface area contributed by atoms with Crippen molar-refractivity contribution in [1.82, 2.24) is 19.9 Å². The number of carbonyl (C=O) groups excluding carboxylic acids is 1. The molecule has 2 N–H and O–H groups in total. The number of sulfonamides is 1. The third-order valence-electron chi connectivity index (χ3n) is 5.45. The second-order valence-electron chi connectivity index (χ2n) is 7.92. The van der Waals surface area contributed by atoms with Crippen molar-refractivity contribution < 1.29 is 17.6 Å². The molecule has 1 aliphatic rings. The lowest BCUT2D eigenvalue weighted by molar-refractivity contribution is -0.122. The maximum atomic E-state index is 14.0. The summed E-state index contributed by atoms with van der Waals surface area (Å²) in [4.78, 5) is 21.3. The molecular weight excluding hydrogens is 465 g/mol. The van der Waals surface area contributed by atoms with Gasteiger partial charge in [-0.15, -0.1) is 0 Å². The molecule has 1 aromatic carbocycles. The predicted molar refractivity (Wildman–Crippen MR) is 129 cm³/mol. The van der Waals surface area contributed by atoms with Crippen LogP contribution in [0.15, 0.2) is 47.5 Å². The van der Waals surface area contributed by atoms with Crippen molar-refractivity contribution in [3.8, 4) is 0 Å². The van der Waals surface area contributed by atoms with Gasteiger partial charge in [0.2, 0.25) is 15.9 Å². The van der Waals surface area contributed by atoms with Crippen LogP contribution in [0.25, 0.3) is 0 Å². The van der Waals surface area contributed by atoms with Gasteiger partial charge >= 0.3 is 0 Å². The number of rotatable bonds is 10. The SMILES string of the molecule is CSCCC(NS(=O)(=O)c1ccccc1F)C(=O)NCc1ccnc(N2CCN(C)CC2)c1. The van der Waals surface area contributed by atoms with Gasteiger partial charge < -0.3 is 15.1 Å². The molecule has 2 heterocycles. The number of hydrogen-bond acceptors (Lipinski definition) is 7.